The summed E-state index contributed by atoms with van der Waals surface area (Å²) in [7, 11) is 2.67. The number of ether oxygens (including phenoxy) is 4. The van der Waals surface area contributed by atoms with Crippen LogP contribution < -0.4 is 9.47 Å². The van der Waals surface area contributed by atoms with Gasteiger partial charge < -0.3 is 47.5 Å². The van der Waals surface area contributed by atoms with Crippen LogP contribution in [-0.2, 0) is 93.5 Å². The molecule has 3 atom stereocenters. The Labute approximate surface area is 604 Å². The summed E-state index contributed by atoms with van der Waals surface area (Å²) >= 11 is 12.1. The van der Waals surface area contributed by atoms with E-state index in [4.69, 9.17) is 27.8 Å². The number of carboxylic acid groups (broad SMARTS) is 1. The van der Waals surface area contributed by atoms with E-state index in [1.54, 1.807) is 48.5 Å². The summed E-state index contributed by atoms with van der Waals surface area (Å²) in [6.07, 6.45) is -10.5. The van der Waals surface area contributed by atoms with Crippen molar-refractivity contribution in [3.63, 3.8) is 0 Å². The minimum absolute atomic E-state index is 0.0124. The number of rotatable bonds is 10. The SMILES string of the molecule is COC(=O)Cc1coc2cc(O)ccc12.COC(=O)Cc1coc2cc(O[C@@H]3CCc4c3ccc(C(F)(F)F)c4Br)ccc12.O=C(O)Cc1coc2cc(O[C@@H]3CCc4c3ccc(C(F)(F)F)c4Br)ccc12.O=C1CCc2c1ccc(C(F)(F)F)c2Br.O[C@H]1CCc2c1ccc(C(F)(F)F)c2Br. The molecule has 3 aromatic heterocycles. The number of alkyl halides is 12. The molecule has 14 nitrogen and oxygen atoms in total. The topological polar surface area (TPSA) is 205 Å². The molecule has 0 spiro atoms. The smallest absolute Gasteiger partial charge is 0.417 e. The van der Waals surface area contributed by atoms with E-state index in [1.165, 1.54) is 63.3 Å². The van der Waals surface area contributed by atoms with Gasteiger partial charge in [0.05, 0.1) is 80.6 Å². The van der Waals surface area contributed by atoms with E-state index in [1.807, 2.05) is 0 Å². The number of ketones is 1. The summed E-state index contributed by atoms with van der Waals surface area (Å²) in [6, 6.07) is 24.8. The molecule has 0 aliphatic heterocycles. The van der Waals surface area contributed by atoms with E-state index in [2.05, 4.69) is 73.2 Å². The fourth-order valence-electron chi connectivity index (χ4n) is 12.2. The molecule has 4 aliphatic rings. The molecule has 3 N–H and O–H groups in total. The maximum Gasteiger partial charge on any atom is 0.417 e. The van der Waals surface area contributed by atoms with E-state index >= 15 is 0 Å². The quantitative estimate of drug-likeness (QED) is 0.0861. The largest absolute Gasteiger partial charge is 0.508 e. The van der Waals surface area contributed by atoms with Gasteiger partial charge in [-0.25, -0.2) is 0 Å². The Morgan fingerprint density at radius 1 is 0.461 bits per heavy atom. The molecule has 0 amide bonds. The molecule has 10 aromatic rings. The fraction of sp³-hybridized carbons (Fsp3) is 0.278. The van der Waals surface area contributed by atoms with Gasteiger partial charge in [0.1, 0.15) is 46.2 Å². The maximum absolute atomic E-state index is 13.1. The standard InChI is InChI=1S/C21H16BrF3O4.C20H14BrF3O4.C11H10O4.C10H8BrF3O.C10H6BrF3O/c1-27-19(26)8-11-10-28-18-9-12(2-3-13(11)18)29-17-7-5-15-14(17)4-6-16(20(15)22)21(23,24)25;21-19-14-4-6-16(13(14)3-5-15(19)20(22,23)24)28-11-1-2-12-10(7-18(25)26)9-27-17(12)8-11;1-14-11(13)4-7-6-15-10-5-8(12)2-3-9(7)10;2*11-9-6-2-4-8(15)5(6)1-3-7(9)10(12,13)14/h2-4,6,9-10,17H,5,7-8H2,1H3;1-3,5,8-9,16H,4,6-7H2,(H,25,26);2-3,5-6,12H,4H2,1H3;1,3,8,15H,2,4H2;1,3H,2,4H2/t17-;16-;;8-;/m11.0./s1. The number of hydrogen-bond donors (Lipinski definition) is 3. The highest BCUT2D eigenvalue weighted by Gasteiger charge is 2.41. The van der Waals surface area contributed by atoms with Crippen molar-refractivity contribution in [2.24, 2.45) is 0 Å². The Morgan fingerprint density at radius 3 is 1.24 bits per heavy atom. The highest BCUT2D eigenvalue weighted by atomic mass is 79.9. The first-order chi connectivity index (χ1) is 48.0. The van der Waals surface area contributed by atoms with E-state index in [9.17, 15) is 82.1 Å². The molecule has 4 aliphatic carbocycles. The average Bonchev–Trinajstić information content (AvgIpc) is 1.58. The first kappa shape index (κ1) is 76.3. The lowest BCUT2D eigenvalue weighted by atomic mass is 10.1. The monoisotopic (exact) mass is 1690 g/mol. The number of fused-ring (bicyclic) bond motifs is 7. The Hall–Kier alpha value is -8.32. The van der Waals surface area contributed by atoms with Crippen LogP contribution in [0, 0.1) is 0 Å². The number of phenolic OH excluding ortho intramolecular Hbond substituents is 1. The maximum atomic E-state index is 13.1. The third-order valence-electron chi connectivity index (χ3n) is 17.2. The van der Waals surface area contributed by atoms with Crippen LogP contribution >= 0.6 is 63.7 Å². The fourth-order valence-corrected chi connectivity index (χ4v) is 15.3. The molecular weight excluding hydrogens is 1640 g/mol. The summed E-state index contributed by atoms with van der Waals surface area (Å²) in [5.74, 6) is -0.511. The van der Waals surface area contributed by atoms with Gasteiger partial charge >= 0.3 is 42.6 Å². The third kappa shape index (κ3) is 17.1. The molecule has 0 saturated heterocycles. The number of hydrogen-bond acceptors (Lipinski definition) is 13. The normalized spacial score (nSPS) is 15.9. The lowest BCUT2D eigenvalue weighted by Crippen LogP contribution is -2.09. The second kappa shape index (κ2) is 30.9. The zero-order valence-electron chi connectivity index (χ0n) is 52.9. The number of carboxylic acids is 1. The number of aromatic hydroxyl groups is 1. The van der Waals surface area contributed by atoms with Crippen molar-refractivity contribution in [3.05, 3.63) is 223 Å². The number of carbonyl (C=O) groups is 4. The predicted molar refractivity (Wildman–Crippen MR) is 359 cm³/mol. The highest BCUT2D eigenvalue weighted by Crippen LogP contribution is 2.48. The summed E-state index contributed by atoms with van der Waals surface area (Å²) < 4.78 is 191. The number of carbonyl (C=O) groups excluding carboxylic acids is 3. The van der Waals surface area contributed by atoms with Crippen LogP contribution in [0.25, 0.3) is 32.9 Å². The summed E-state index contributed by atoms with van der Waals surface area (Å²) in [5.41, 5.74) is 5.73. The van der Waals surface area contributed by atoms with Gasteiger partial charge in [-0.3, -0.25) is 19.2 Å². The molecule has 0 bridgehead atoms. The van der Waals surface area contributed by atoms with Crippen LogP contribution in [0.4, 0.5) is 52.7 Å². The van der Waals surface area contributed by atoms with Gasteiger partial charge in [0.25, 0.3) is 0 Å². The Balaban J connectivity index is 0.000000142. The van der Waals surface area contributed by atoms with Crippen molar-refractivity contribution in [3.8, 4) is 17.2 Å². The third-order valence-corrected chi connectivity index (χ3v) is 20.8. The van der Waals surface area contributed by atoms with Gasteiger partial charge in [-0.15, -0.1) is 0 Å². The van der Waals surface area contributed by atoms with E-state index < -0.39 is 59.0 Å². The van der Waals surface area contributed by atoms with Gasteiger partial charge in [0.2, 0.25) is 0 Å². The molecule has 14 rings (SSSR count). The van der Waals surface area contributed by atoms with Crippen LogP contribution in [0.2, 0.25) is 0 Å². The Bertz CT molecular complexity index is 4840. The number of methoxy groups -OCH3 is 2. The van der Waals surface area contributed by atoms with Crippen molar-refractivity contribution in [1.29, 1.82) is 0 Å². The number of aliphatic hydroxyl groups is 1. The lowest BCUT2D eigenvalue weighted by molar-refractivity contribution is -0.140. The molecule has 30 heteroatoms. The lowest BCUT2D eigenvalue weighted by Gasteiger charge is -2.17. The van der Waals surface area contributed by atoms with E-state index in [0.29, 0.717) is 130 Å². The van der Waals surface area contributed by atoms with Crippen molar-refractivity contribution in [2.45, 2.75) is 114 Å². The molecule has 0 saturated carbocycles. The van der Waals surface area contributed by atoms with Gasteiger partial charge in [0.15, 0.2) is 5.78 Å². The summed E-state index contributed by atoms with van der Waals surface area (Å²) in [4.78, 5) is 44.7. The average molecular weight is 1690 g/mol. The van der Waals surface area contributed by atoms with Gasteiger partial charge in [-0.2, -0.15) is 52.7 Å². The minimum Gasteiger partial charge on any atom is -0.508 e. The number of esters is 2. The molecule has 102 heavy (non-hydrogen) atoms. The number of Topliss-reactive ketones (excluding diaryl/α,β-unsaturated/α-hetero) is 1. The zero-order chi connectivity index (χ0) is 74.1. The zero-order valence-corrected chi connectivity index (χ0v) is 59.3. The van der Waals surface area contributed by atoms with Gasteiger partial charge in [0, 0.05) is 80.9 Å². The van der Waals surface area contributed by atoms with Crippen LogP contribution in [0.1, 0.15) is 132 Å². The van der Waals surface area contributed by atoms with Gasteiger partial charge in [-0.05, 0) is 208 Å². The predicted octanol–water partition coefficient (Wildman–Crippen LogP) is 20.8. The van der Waals surface area contributed by atoms with Crippen molar-refractivity contribution in [1.82, 2.24) is 0 Å². The van der Waals surface area contributed by atoms with Crippen LogP contribution in [-0.4, -0.2) is 53.2 Å². The molecule has 0 unspecified atom stereocenters. The van der Waals surface area contributed by atoms with E-state index in [0.717, 1.165) is 51.7 Å². The van der Waals surface area contributed by atoms with Crippen LogP contribution in [0.15, 0.2) is 153 Å². The first-order valence-electron chi connectivity index (χ1n) is 30.7. The molecule has 0 radical (unpaired) electrons. The first-order valence-corrected chi connectivity index (χ1v) is 33.8. The second-order valence-corrected chi connectivity index (χ2v) is 26.7. The molecule has 7 aromatic carbocycles. The van der Waals surface area contributed by atoms with Crippen molar-refractivity contribution < 1.29 is 119 Å². The summed E-state index contributed by atoms with van der Waals surface area (Å²) in [5, 5.41) is 29.9. The summed E-state index contributed by atoms with van der Waals surface area (Å²) in [6.45, 7) is 0. The van der Waals surface area contributed by atoms with Crippen LogP contribution in [0.3, 0.4) is 0 Å². The van der Waals surface area contributed by atoms with Crippen molar-refractivity contribution in [2.75, 3.05) is 14.2 Å². The highest BCUT2D eigenvalue weighted by molar-refractivity contribution is 9.11. The Morgan fingerprint density at radius 2 is 0.824 bits per heavy atom. The van der Waals surface area contributed by atoms with Gasteiger partial charge in [-0.1, -0.05) is 24.3 Å². The number of halogens is 16. The van der Waals surface area contributed by atoms with Crippen LogP contribution in [0.5, 0.6) is 17.2 Å². The number of furan rings is 3. The number of aliphatic hydroxyl groups excluding tert-OH is 1. The number of aliphatic carboxylic acids is 1. The molecule has 0 fully saturated rings. The number of phenols is 1. The molecule has 538 valence electrons. The van der Waals surface area contributed by atoms with E-state index in [-0.39, 0.29) is 72.8 Å². The minimum atomic E-state index is -4.41. The Kier molecular flexibility index (Phi) is 23.1. The molecular formula is C72H54Br4F12O14. The molecule has 3 heterocycles. The van der Waals surface area contributed by atoms with Crippen molar-refractivity contribution >= 4 is 120 Å². The second-order valence-electron chi connectivity index (χ2n) is 23.6. The number of benzene rings is 7.